The quantitative estimate of drug-likeness (QED) is 0.217. The van der Waals surface area contributed by atoms with Crippen LogP contribution in [0.5, 0.6) is 0 Å². The zero-order valence-electron chi connectivity index (χ0n) is 7.04. The fourth-order valence-corrected chi connectivity index (χ4v) is 1.17. The van der Waals surface area contributed by atoms with Crippen LogP contribution < -0.4 is 0 Å². The molecule has 0 aromatic carbocycles. The van der Waals surface area contributed by atoms with Crippen molar-refractivity contribution in [1.29, 1.82) is 0 Å². The van der Waals surface area contributed by atoms with Crippen LogP contribution in [0.4, 0.5) is 0 Å². The number of nitrogens with zero attached hydrogens (tertiary/aromatic N) is 5. The van der Waals surface area contributed by atoms with E-state index in [1.807, 2.05) is 0 Å². The summed E-state index contributed by atoms with van der Waals surface area (Å²) in [4.78, 5) is 9.53. The molecule has 0 atom stereocenters. The van der Waals surface area contributed by atoms with Gasteiger partial charge >= 0.3 is 0 Å². The van der Waals surface area contributed by atoms with Gasteiger partial charge in [-0.25, -0.2) is 5.22 Å². The lowest BCUT2D eigenvalue weighted by Gasteiger charge is -2.05. The molecule has 1 fully saturated rings. The van der Waals surface area contributed by atoms with Crippen LogP contribution in [0.3, 0.4) is 0 Å². The Kier molecular flexibility index (Phi) is 4.62. The van der Waals surface area contributed by atoms with Gasteiger partial charge in [0.05, 0.1) is 0 Å². The molecular weight excluding hydrogens is 174 g/mol. The molecule has 13 heavy (non-hydrogen) atoms. The first-order valence-electron chi connectivity index (χ1n) is 4.01. The first-order valence-corrected chi connectivity index (χ1v) is 4.01. The second-order valence-electron chi connectivity index (χ2n) is 2.59. The molecule has 0 spiro atoms. The first kappa shape index (κ1) is 9.72. The Labute approximate surface area is 76.7 Å². The summed E-state index contributed by atoms with van der Waals surface area (Å²) in [6.07, 6.45) is 5.53. The van der Waals surface area contributed by atoms with Crippen LogP contribution in [0.1, 0.15) is 27.1 Å². The highest BCUT2D eigenvalue weighted by Crippen LogP contribution is 2.20. The molecule has 0 unspecified atom stereocenters. The van der Waals surface area contributed by atoms with E-state index >= 15 is 0 Å². The van der Waals surface area contributed by atoms with Crippen molar-refractivity contribution in [1.82, 2.24) is 0 Å². The van der Waals surface area contributed by atoms with Crippen molar-refractivity contribution in [2.24, 2.45) is 20.8 Å². The zero-order chi connectivity index (χ0) is 9.36. The summed E-state index contributed by atoms with van der Waals surface area (Å²) < 4.78 is 0. The van der Waals surface area contributed by atoms with Crippen LogP contribution in [0.25, 0.3) is 5.53 Å². The van der Waals surface area contributed by atoms with Crippen molar-refractivity contribution in [2.45, 2.75) is 31.8 Å². The van der Waals surface area contributed by atoms with Gasteiger partial charge in [-0.05, 0) is 12.8 Å². The maximum atomic E-state index is 7.81. The van der Waals surface area contributed by atoms with E-state index in [1.54, 1.807) is 0 Å². The monoisotopic (exact) mass is 186 g/mol. The smallest absolute Gasteiger partial charge is 0.239 e. The van der Waals surface area contributed by atoms with Crippen LogP contribution in [-0.4, -0.2) is 12.5 Å². The van der Waals surface area contributed by atoms with E-state index in [0.29, 0.717) is 0 Å². The third-order valence-corrected chi connectivity index (χ3v) is 1.72. The molecule has 7 heteroatoms. The minimum atomic E-state index is 0. The Bertz CT molecular complexity index is 204. The van der Waals surface area contributed by atoms with Crippen molar-refractivity contribution in [3.05, 3.63) is 5.53 Å². The number of hydrogen-bond donors (Lipinski definition) is 0. The predicted molar refractivity (Wildman–Crippen MR) is 45.7 cm³/mol. The first-order chi connectivity index (χ1) is 6.43. The Balaban J connectivity index is 0.00000169. The highest BCUT2D eigenvalue weighted by molar-refractivity contribution is 5.44. The number of hydrogen-bond acceptors (Lipinski definition) is 3. The molecule has 1 rings (SSSR count). The summed E-state index contributed by atoms with van der Waals surface area (Å²) in [5.41, 5.74) is 7.81. The van der Waals surface area contributed by atoms with Crippen LogP contribution in [0, 0.1) is 0 Å². The topological polar surface area (TPSA) is 90.2 Å². The Morgan fingerprint density at radius 1 is 1.31 bits per heavy atom. The molecule has 1 saturated carbocycles. The van der Waals surface area contributed by atoms with Crippen molar-refractivity contribution < 1.29 is 11.2 Å². The van der Waals surface area contributed by atoms with E-state index in [2.05, 4.69) is 25.7 Å². The molecule has 0 saturated heterocycles. The van der Waals surface area contributed by atoms with E-state index in [9.17, 15) is 0 Å². The van der Waals surface area contributed by atoms with E-state index < -0.39 is 0 Å². The lowest BCUT2D eigenvalue weighted by Crippen LogP contribution is -2.06. The lowest BCUT2D eigenvalue weighted by molar-refractivity contribution is -0.251. The summed E-state index contributed by atoms with van der Waals surface area (Å²) in [5.74, 6) is 0. The molecule has 1 aliphatic rings. The molecule has 74 valence electrons. The van der Waals surface area contributed by atoms with Gasteiger partial charge in [-0.3, -0.25) is 5.22 Å². The molecule has 0 heterocycles. The van der Waals surface area contributed by atoms with Gasteiger partial charge in [0.1, 0.15) is 6.10 Å². The van der Waals surface area contributed by atoms with Crippen LogP contribution in [-0.2, 0) is 9.78 Å². The Hall–Kier alpha value is -1.37. The van der Waals surface area contributed by atoms with Gasteiger partial charge in [-0.1, -0.05) is 12.8 Å². The van der Waals surface area contributed by atoms with Crippen LogP contribution >= 0.6 is 0 Å². The van der Waals surface area contributed by atoms with Crippen LogP contribution in [0.15, 0.2) is 20.8 Å². The second kappa shape index (κ2) is 6.18. The van der Waals surface area contributed by atoms with E-state index in [0.717, 1.165) is 19.2 Å². The van der Waals surface area contributed by atoms with Gasteiger partial charge in [0.2, 0.25) is 6.40 Å². The standard InChI is InChI=1S/C6H10N5O2.H2/c7-9-11-10-8-5-12-13-6-3-1-2-4-6;/h5-6H,1-4H2;1H/q-1;/b8-5+,11-10+;. The minimum absolute atomic E-state index is 0. The molecule has 7 nitrogen and oxygen atoms in total. The minimum Gasteiger partial charge on any atom is -0.360 e. The predicted octanol–water partition coefficient (Wildman–Crippen LogP) is 2.46. The number of rotatable bonds is 5. The van der Waals surface area contributed by atoms with Crippen molar-refractivity contribution in [3.8, 4) is 0 Å². The molecule has 0 bridgehead atoms. The molecular formula is C6H12N5O2-. The molecule has 0 radical (unpaired) electrons. The fraction of sp³-hybridized carbons (Fsp3) is 0.833. The highest BCUT2D eigenvalue weighted by atomic mass is 17.2. The molecule has 0 aliphatic heterocycles. The van der Waals surface area contributed by atoms with Gasteiger partial charge in [0.15, 0.2) is 0 Å². The summed E-state index contributed by atoms with van der Waals surface area (Å²) >= 11 is 0. The fourth-order valence-electron chi connectivity index (χ4n) is 1.17. The molecule has 0 aromatic heterocycles. The molecule has 0 amide bonds. The maximum Gasteiger partial charge on any atom is 0.239 e. The summed E-state index contributed by atoms with van der Waals surface area (Å²) in [5, 5.41) is 11.5. The van der Waals surface area contributed by atoms with Gasteiger partial charge < -0.3 is 10.4 Å². The summed E-state index contributed by atoms with van der Waals surface area (Å²) in [6.45, 7) is 0. The largest absolute Gasteiger partial charge is 0.360 e. The average Bonchev–Trinajstić information content (AvgIpc) is 2.63. The van der Waals surface area contributed by atoms with Gasteiger partial charge in [-0.2, -0.15) is 4.89 Å². The van der Waals surface area contributed by atoms with Crippen molar-refractivity contribution in [3.63, 3.8) is 0 Å². The van der Waals surface area contributed by atoms with Gasteiger partial charge in [0, 0.05) is 1.43 Å². The Morgan fingerprint density at radius 2 is 2.08 bits per heavy atom. The van der Waals surface area contributed by atoms with Gasteiger partial charge in [0.25, 0.3) is 0 Å². The third kappa shape index (κ3) is 4.26. The molecule has 0 N–H and O–H groups in total. The third-order valence-electron chi connectivity index (χ3n) is 1.72. The SMILES string of the molecule is [HH].[N-]=N/N=N/N=C/OOC1CCCC1. The van der Waals surface area contributed by atoms with E-state index in [-0.39, 0.29) is 7.53 Å². The van der Waals surface area contributed by atoms with Crippen molar-refractivity contribution >= 4 is 6.40 Å². The zero-order valence-corrected chi connectivity index (χ0v) is 7.04. The Morgan fingerprint density at radius 3 is 2.77 bits per heavy atom. The van der Waals surface area contributed by atoms with Crippen LogP contribution in [0.2, 0.25) is 0 Å². The van der Waals surface area contributed by atoms with E-state index in [1.165, 1.54) is 12.8 Å². The highest BCUT2D eigenvalue weighted by Gasteiger charge is 2.16. The van der Waals surface area contributed by atoms with E-state index in [4.69, 9.17) is 10.4 Å². The molecule has 0 aromatic rings. The molecule has 1 aliphatic carbocycles. The lowest BCUT2D eigenvalue weighted by atomic mass is 10.3. The maximum absolute atomic E-state index is 7.81. The summed E-state index contributed by atoms with van der Waals surface area (Å²) in [6, 6.07) is 0. The summed E-state index contributed by atoms with van der Waals surface area (Å²) in [7, 11) is 0. The average molecular weight is 186 g/mol. The van der Waals surface area contributed by atoms with Gasteiger partial charge in [-0.15, -0.1) is 10.3 Å². The normalized spacial score (nSPS) is 18.8. The van der Waals surface area contributed by atoms with Crippen molar-refractivity contribution in [2.75, 3.05) is 0 Å². The second-order valence-corrected chi connectivity index (χ2v) is 2.59.